The van der Waals surface area contributed by atoms with Crippen LogP contribution in [0, 0.1) is 5.92 Å². The van der Waals surface area contributed by atoms with Gasteiger partial charge in [-0.25, -0.2) is 0 Å². The lowest BCUT2D eigenvalue weighted by atomic mass is 9.96. The Kier molecular flexibility index (Phi) is 5.31. The van der Waals surface area contributed by atoms with Crippen molar-refractivity contribution in [3.63, 3.8) is 0 Å². The van der Waals surface area contributed by atoms with Gasteiger partial charge in [0.15, 0.2) is 0 Å². The first-order valence-corrected chi connectivity index (χ1v) is 9.03. The van der Waals surface area contributed by atoms with Gasteiger partial charge in [0.2, 0.25) is 5.91 Å². The largest absolute Gasteiger partial charge is 0.416 e. The second kappa shape index (κ2) is 7.49. The molecule has 0 saturated carbocycles. The zero-order valence-corrected chi connectivity index (χ0v) is 14.6. The van der Waals surface area contributed by atoms with Crippen molar-refractivity contribution in [1.82, 2.24) is 4.90 Å². The third-order valence-electron chi connectivity index (χ3n) is 4.27. The van der Waals surface area contributed by atoms with Gasteiger partial charge in [-0.1, -0.05) is 12.1 Å². The summed E-state index contributed by atoms with van der Waals surface area (Å²) >= 11 is 1.34. The molecule has 3 rings (SSSR count). The van der Waals surface area contributed by atoms with Crippen molar-refractivity contribution in [2.24, 2.45) is 5.92 Å². The fraction of sp³-hybridized carbons (Fsp3) is 0.333. The number of nitrogens with zero attached hydrogens (tertiary/aromatic N) is 1. The number of carbonyl (C=O) groups is 2. The Labute approximate surface area is 152 Å². The molecule has 0 aliphatic carbocycles. The number of nitrogens with one attached hydrogen (secondary N) is 1. The first-order valence-electron chi connectivity index (χ1n) is 8.15. The van der Waals surface area contributed by atoms with E-state index >= 15 is 0 Å². The van der Waals surface area contributed by atoms with Crippen LogP contribution in [0.2, 0.25) is 0 Å². The number of likely N-dealkylation sites (tertiary alicyclic amines) is 1. The summed E-state index contributed by atoms with van der Waals surface area (Å²) in [6.07, 6.45) is -3.19. The van der Waals surface area contributed by atoms with Crippen LogP contribution in [0.3, 0.4) is 0 Å². The van der Waals surface area contributed by atoms with Crippen LogP contribution in [-0.4, -0.2) is 29.8 Å². The summed E-state index contributed by atoms with van der Waals surface area (Å²) in [5, 5.41) is 4.36. The normalized spacial score (nSPS) is 17.8. The Morgan fingerprint density at radius 1 is 1.19 bits per heavy atom. The first-order chi connectivity index (χ1) is 12.3. The van der Waals surface area contributed by atoms with E-state index in [1.165, 1.54) is 23.5 Å². The van der Waals surface area contributed by atoms with Crippen LogP contribution in [0.1, 0.15) is 28.1 Å². The Morgan fingerprint density at radius 2 is 2.00 bits per heavy atom. The molecule has 26 heavy (non-hydrogen) atoms. The maximum absolute atomic E-state index is 12.8. The van der Waals surface area contributed by atoms with E-state index in [0.717, 1.165) is 12.1 Å². The zero-order valence-electron chi connectivity index (χ0n) is 13.8. The van der Waals surface area contributed by atoms with Gasteiger partial charge in [0.05, 0.1) is 16.4 Å². The number of piperidine rings is 1. The summed E-state index contributed by atoms with van der Waals surface area (Å²) in [6.45, 7) is 0.839. The van der Waals surface area contributed by atoms with Crippen molar-refractivity contribution >= 4 is 28.8 Å². The fourth-order valence-corrected chi connectivity index (χ4v) is 3.64. The van der Waals surface area contributed by atoms with E-state index in [-0.39, 0.29) is 24.0 Å². The molecule has 1 aromatic heterocycles. The predicted molar refractivity (Wildman–Crippen MR) is 93.0 cm³/mol. The third-order valence-corrected chi connectivity index (χ3v) is 5.13. The van der Waals surface area contributed by atoms with Crippen LogP contribution in [0.5, 0.6) is 0 Å². The van der Waals surface area contributed by atoms with E-state index in [4.69, 9.17) is 0 Å². The Hall–Kier alpha value is -2.35. The molecule has 4 nitrogen and oxygen atoms in total. The molecule has 1 saturated heterocycles. The number of hydrogen-bond donors (Lipinski definition) is 1. The van der Waals surface area contributed by atoms with E-state index < -0.39 is 17.7 Å². The van der Waals surface area contributed by atoms with Gasteiger partial charge in [0.1, 0.15) is 0 Å². The standard InChI is InChI=1S/C18H17F3N2O2S/c19-18(20,21)13-5-1-6-14(10-13)22-16(24)12-4-2-8-23(11-12)17(25)15-7-3-9-26-15/h1,3,5-7,9-10,12H,2,4,8,11H2,(H,22,24)/t12-/m0/s1. The van der Waals surface area contributed by atoms with Crippen LogP contribution < -0.4 is 5.32 Å². The molecule has 2 heterocycles. The molecule has 2 aromatic rings. The number of amides is 2. The van der Waals surface area contributed by atoms with Crippen LogP contribution in [0.25, 0.3) is 0 Å². The molecule has 0 unspecified atom stereocenters. The zero-order chi connectivity index (χ0) is 18.7. The maximum Gasteiger partial charge on any atom is 0.416 e. The van der Waals surface area contributed by atoms with Gasteiger partial charge < -0.3 is 10.2 Å². The van der Waals surface area contributed by atoms with Crippen molar-refractivity contribution in [3.8, 4) is 0 Å². The van der Waals surface area contributed by atoms with Crippen LogP contribution in [0.15, 0.2) is 41.8 Å². The molecule has 2 amide bonds. The van der Waals surface area contributed by atoms with E-state index in [2.05, 4.69) is 5.32 Å². The molecular weight excluding hydrogens is 365 g/mol. The molecule has 0 radical (unpaired) electrons. The van der Waals surface area contributed by atoms with Gasteiger partial charge in [-0.05, 0) is 42.5 Å². The second-order valence-corrected chi connectivity index (χ2v) is 7.08. The molecule has 1 N–H and O–H groups in total. The Bertz CT molecular complexity index is 790. The molecule has 1 aromatic carbocycles. The summed E-state index contributed by atoms with van der Waals surface area (Å²) in [5.74, 6) is -0.924. The smallest absolute Gasteiger partial charge is 0.337 e. The SMILES string of the molecule is O=C(Nc1cccc(C(F)(F)F)c1)[C@H]1CCCN(C(=O)c2cccs2)C1. The van der Waals surface area contributed by atoms with Crippen molar-refractivity contribution in [1.29, 1.82) is 0 Å². The summed E-state index contributed by atoms with van der Waals surface area (Å²) in [5.41, 5.74) is -0.708. The van der Waals surface area contributed by atoms with E-state index in [0.29, 0.717) is 24.3 Å². The Balaban J connectivity index is 1.65. The number of hydrogen-bond acceptors (Lipinski definition) is 3. The lowest BCUT2D eigenvalue weighted by molar-refractivity contribution is -0.137. The minimum Gasteiger partial charge on any atom is -0.337 e. The fourth-order valence-electron chi connectivity index (χ4n) is 2.95. The molecule has 8 heteroatoms. The van der Waals surface area contributed by atoms with Gasteiger partial charge in [-0.3, -0.25) is 9.59 Å². The second-order valence-electron chi connectivity index (χ2n) is 6.14. The van der Waals surface area contributed by atoms with Gasteiger partial charge in [-0.15, -0.1) is 11.3 Å². The van der Waals surface area contributed by atoms with E-state index in [1.54, 1.807) is 17.0 Å². The van der Waals surface area contributed by atoms with Crippen molar-refractivity contribution in [2.45, 2.75) is 19.0 Å². The topological polar surface area (TPSA) is 49.4 Å². The Morgan fingerprint density at radius 3 is 2.69 bits per heavy atom. The molecule has 1 aliphatic heterocycles. The number of benzene rings is 1. The van der Waals surface area contributed by atoms with Crippen LogP contribution >= 0.6 is 11.3 Å². The minimum absolute atomic E-state index is 0.103. The van der Waals surface area contributed by atoms with Gasteiger partial charge in [0, 0.05) is 18.8 Å². The van der Waals surface area contributed by atoms with Crippen molar-refractivity contribution in [2.75, 3.05) is 18.4 Å². The van der Waals surface area contributed by atoms with E-state index in [9.17, 15) is 22.8 Å². The molecule has 0 bridgehead atoms. The monoisotopic (exact) mass is 382 g/mol. The number of alkyl halides is 3. The average molecular weight is 382 g/mol. The number of rotatable bonds is 3. The van der Waals surface area contributed by atoms with Crippen LogP contribution in [-0.2, 0) is 11.0 Å². The number of anilines is 1. The van der Waals surface area contributed by atoms with Gasteiger partial charge >= 0.3 is 6.18 Å². The van der Waals surface area contributed by atoms with Gasteiger partial charge in [0.25, 0.3) is 5.91 Å². The first kappa shape index (κ1) is 18.4. The highest BCUT2D eigenvalue weighted by atomic mass is 32.1. The molecule has 0 spiro atoms. The average Bonchev–Trinajstić information content (AvgIpc) is 3.15. The van der Waals surface area contributed by atoms with Crippen LogP contribution in [0.4, 0.5) is 18.9 Å². The summed E-state index contributed by atoms with van der Waals surface area (Å²) in [4.78, 5) is 27.1. The highest BCUT2D eigenvalue weighted by Crippen LogP contribution is 2.31. The van der Waals surface area contributed by atoms with Gasteiger partial charge in [-0.2, -0.15) is 13.2 Å². The summed E-state index contributed by atoms with van der Waals surface area (Å²) < 4.78 is 38.3. The van der Waals surface area contributed by atoms with E-state index in [1.807, 2.05) is 5.38 Å². The molecule has 138 valence electrons. The molecule has 1 atom stereocenters. The quantitative estimate of drug-likeness (QED) is 0.862. The minimum atomic E-state index is -4.46. The number of thiophene rings is 1. The third kappa shape index (κ3) is 4.24. The maximum atomic E-state index is 12.8. The molecular formula is C18H17F3N2O2S. The number of halogens is 3. The highest BCUT2D eigenvalue weighted by molar-refractivity contribution is 7.12. The lowest BCUT2D eigenvalue weighted by Gasteiger charge is -2.31. The van der Waals surface area contributed by atoms with Crippen molar-refractivity contribution < 1.29 is 22.8 Å². The molecule has 1 fully saturated rings. The summed E-state index contributed by atoms with van der Waals surface area (Å²) in [6, 6.07) is 8.07. The number of carbonyl (C=O) groups excluding carboxylic acids is 2. The molecule has 1 aliphatic rings. The predicted octanol–water partition coefficient (Wildman–Crippen LogP) is 4.26. The van der Waals surface area contributed by atoms with Crippen molar-refractivity contribution in [3.05, 3.63) is 52.2 Å². The highest BCUT2D eigenvalue weighted by Gasteiger charge is 2.32. The summed E-state index contributed by atoms with van der Waals surface area (Å²) in [7, 11) is 0. The lowest BCUT2D eigenvalue weighted by Crippen LogP contribution is -2.43.